The first-order valence-corrected chi connectivity index (χ1v) is 12.1. The lowest BCUT2D eigenvalue weighted by atomic mass is 9.85. The van der Waals surface area contributed by atoms with Crippen molar-refractivity contribution in [1.29, 1.82) is 0 Å². The van der Waals surface area contributed by atoms with E-state index in [2.05, 4.69) is 60.7 Å². The molecule has 180 valence electrons. The zero-order chi connectivity index (χ0) is 24.5. The number of fused-ring (bicyclic) bond motifs is 1. The second-order valence-electron chi connectivity index (χ2n) is 8.81. The van der Waals surface area contributed by atoms with E-state index in [0.29, 0.717) is 0 Å². The molecule has 4 aromatic carbocycles. The van der Waals surface area contributed by atoms with Gasteiger partial charge in [0.15, 0.2) is 0 Å². The van der Waals surface area contributed by atoms with Crippen molar-refractivity contribution < 1.29 is 9.84 Å². The van der Waals surface area contributed by atoms with Crippen LogP contribution in [0.5, 0.6) is 0 Å². The van der Waals surface area contributed by atoms with E-state index in [1.165, 1.54) is 16.5 Å². The first-order chi connectivity index (χ1) is 17.1. The van der Waals surface area contributed by atoms with E-state index >= 15 is 0 Å². The Morgan fingerprint density at radius 3 is 1.77 bits per heavy atom. The van der Waals surface area contributed by atoms with Gasteiger partial charge in [-0.1, -0.05) is 97.1 Å². The van der Waals surface area contributed by atoms with Gasteiger partial charge >= 0.3 is 0 Å². The van der Waals surface area contributed by atoms with E-state index in [-0.39, 0.29) is 0 Å². The highest BCUT2D eigenvalue weighted by atomic mass is 16.5. The Labute approximate surface area is 208 Å². The quantitative estimate of drug-likeness (QED) is 0.410. The van der Waals surface area contributed by atoms with Crippen LogP contribution in [0.1, 0.15) is 16.7 Å². The lowest BCUT2D eigenvalue weighted by Crippen LogP contribution is -2.30. The summed E-state index contributed by atoms with van der Waals surface area (Å²) in [6.45, 7) is 3.83. The van der Waals surface area contributed by atoms with Gasteiger partial charge < -0.3 is 20.1 Å². The zero-order valence-corrected chi connectivity index (χ0v) is 20.5. The Morgan fingerprint density at radius 1 is 0.743 bits per heavy atom. The topological polar surface area (TPSA) is 44.7 Å². The first kappa shape index (κ1) is 24.7. The van der Waals surface area contributed by atoms with E-state index in [1.807, 2.05) is 72.8 Å². The van der Waals surface area contributed by atoms with Crippen LogP contribution in [0.25, 0.3) is 16.8 Å². The monoisotopic (exact) mass is 466 g/mol. The van der Waals surface area contributed by atoms with Gasteiger partial charge in [-0.3, -0.25) is 0 Å². The summed E-state index contributed by atoms with van der Waals surface area (Å²) in [5.41, 5.74) is 2.74. The largest absolute Gasteiger partial charge is 0.379 e. The fourth-order valence-electron chi connectivity index (χ4n) is 4.31. The SMILES string of the molecule is C1COCCN1.CN(C)c1ccc(C=CC(O)(c2ccccc2)c2ccccc2)c2ccccc12. The van der Waals surface area contributed by atoms with Crippen LogP contribution < -0.4 is 10.2 Å². The van der Waals surface area contributed by atoms with Gasteiger partial charge in [-0.2, -0.15) is 0 Å². The van der Waals surface area contributed by atoms with Gasteiger partial charge in [-0.25, -0.2) is 0 Å². The summed E-state index contributed by atoms with van der Waals surface area (Å²) < 4.78 is 5.01. The highest BCUT2D eigenvalue weighted by Crippen LogP contribution is 2.34. The van der Waals surface area contributed by atoms with Crippen LogP contribution >= 0.6 is 0 Å². The summed E-state index contributed by atoms with van der Waals surface area (Å²) in [6, 6.07) is 32.2. The summed E-state index contributed by atoms with van der Waals surface area (Å²) >= 11 is 0. The molecular weight excluding hydrogens is 432 g/mol. The molecule has 4 nitrogen and oxygen atoms in total. The molecule has 4 heteroatoms. The molecule has 0 amide bonds. The predicted octanol–water partition coefficient (Wildman–Crippen LogP) is 5.46. The Kier molecular flexibility index (Phi) is 8.32. The molecule has 2 N–H and O–H groups in total. The second kappa shape index (κ2) is 11.8. The van der Waals surface area contributed by atoms with Gasteiger partial charge in [0.1, 0.15) is 5.60 Å². The molecule has 4 aromatic rings. The third-order valence-corrected chi connectivity index (χ3v) is 6.19. The number of hydrogen-bond donors (Lipinski definition) is 2. The fourth-order valence-corrected chi connectivity index (χ4v) is 4.31. The number of rotatable bonds is 5. The number of ether oxygens (including phenoxy) is 1. The standard InChI is InChI=1S/C27H25NO.C4H9NO/c1-28(2)26-18-17-21(24-15-9-10-16-25(24)26)19-20-27(29,22-11-5-3-6-12-22)23-13-7-4-8-14-23;1-3-6-4-2-5-1/h3-20,29H,1-2H3;5H,1-4H2. The molecule has 0 saturated carbocycles. The van der Waals surface area contributed by atoms with Gasteiger partial charge in [-0.05, 0) is 34.2 Å². The minimum atomic E-state index is -1.20. The van der Waals surface area contributed by atoms with E-state index in [1.54, 1.807) is 0 Å². The Morgan fingerprint density at radius 2 is 1.29 bits per heavy atom. The molecule has 0 aliphatic carbocycles. The van der Waals surface area contributed by atoms with E-state index in [4.69, 9.17) is 4.74 Å². The molecule has 1 saturated heterocycles. The Balaban J connectivity index is 0.000000421. The number of benzene rings is 4. The molecule has 0 radical (unpaired) electrons. The molecule has 1 heterocycles. The normalized spacial score (nSPS) is 13.9. The van der Waals surface area contributed by atoms with Crippen molar-refractivity contribution in [3.8, 4) is 0 Å². The summed E-state index contributed by atoms with van der Waals surface area (Å²) in [5, 5.41) is 17.3. The first-order valence-electron chi connectivity index (χ1n) is 12.1. The molecule has 1 aliphatic heterocycles. The van der Waals surface area contributed by atoms with Crippen molar-refractivity contribution in [2.24, 2.45) is 0 Å². The van der Waals surface area contributed by atoms with Crippen molar-refractivity contribution in [1.82, 2.24) is 5.32 Å². The summed E-state index contributed by atoms with van der Waals surface area (Å²) in [7, 11) is 4.11. The molecule has 5 rings (SSSR count). The van der Waals surface area contributed by atoms with Crippen molar-refractivity contribution in [2.75, 3.05) is 45.3 Å². The van der Waals surface area contributed by atoms with E-state index in [0.717, 1.165) is 43.0 Å². The fraction of sp³-hybridized carbons (Fsp3) is 0.226. The van der Waals surface area contributed by atoms with Crippen molar-refractivity contribution in [3.63, 3.8) is 0 Å². The molecule has 0 unspecified atom stereocenters. The lowest BCUT2D eigenvalue weighted by Gasteiger charge is -2.26. The van der Waals surface area contributed by atoms with Gasteiger partial charge in [0.2, 0.25) is 0 Å². The van der Waals surface area contributed by atoms with Crippen LogP contribution in [-0.4, -0.2) is 45.5 Å². The summed E-state index contributed by atoms with van der Waals surface area (Å²) in [4.78, 5) is 2.13. The van der Waals surface area contributed by atoms with Gasteiger partial charge in [0, 0.05) is 38.3 Å². The van der Waals surface area contributed by atoms with E-state index < -0.39 is 5.60 Å². The zero-order valence-electron chi connectivity index (χ0n) is 20.5. The molecule has 35 heavy (non-hydrogen) atoms. The van der Waals surface area contributed by atoms with Crippen LogP contribution in [0, 0.1) is 0 Å². The smallest absolute Gasteiger partial charge is 0.134 e. The molecule has 1 fully saturated rings. The Bertz CT molecular complexity index is 1180. The van der Waals surface area contributed by atoms with Gasteiger partial charge in [0.25, 0.3) is 0 Å². The number of nitrogens with zero attached hydrogens (tertiary/aromatic N) is 1. The number of aliphatic hydroxyl groups is 1. The molecule has 0 bridgehead atoms. The molecule has 0 atom stereocenters. The van der Waals surface area contributed by atoms with E-state index in [9.17, 15) is 5.11 Å². The molecule has 0 aromatic heterocycles. The van der Waals surface area contributed by atoms with Gasteiger partial charge in [0.05, 0.1) is 13.2 Å². The second-order valence-corrected chi connectivity index (χ2v) is 8.81. The maximum Gasteiger partial charge on any atom is 0.134 e. The minimum absolute atomic E-state index is 0.844. The number of hydrogen-bond acceptors (Lipinski definition) is 4. The average Bonchev–Trinajstić information content (AvgIpc) is 2.93. The average molecular weight is 467 g/mol. The van der Waals surface area contributed by atoms with Crippen LogP contribution in [-0.2, 0) is 10.3 Å². The van der Waals surface area contributed by atoms with Crippen LogP contribution in [0.4, 0.5) is 5.69 Å². The summed E-state index contributed by atoms with van der Waals surface area (Å²) in [6.07, 6.45) is 3.93. The van der Waals surface area contributed by atoms with Crippen LogP contribution in [0.3, 0.4) is 0 Å². The number of morpholine rings is 1. The van der Waals surface area contributed by atoms with Crippen molar-refractivity contribution >= 4 is 22.5 Å². The van der Waals surface area contributed by atoms with Crippen LogP contribution in [0.2, 0.25) is 0 Å². The third-order valence-electron chi connectivity index (χ3n) is 6.19. The van der Waals surface area contributed by atoms with Crippen molar-refractivity contribution in [2.45, 2.75) is 5.60 Å². The van der Waals surface area contributed by atoms with Crippen LogP contribution in [0.15, 0.2) is 103 Å². The Hall–Kier alpha value is -3.44. The number of nitrogens with one attached hydrogen (secondary N) is 1. The highest BCUT2D eigenvalue weighted by Gasteiger charge is 2.28. The third kappa shape index (κ3) is 5.98. The highest BCUT2D eigenvalue weighted by molar-refractivity contribution is 5.99. The maximum atomic E-state index is 11.7. The summed E-state index contributed by atoms with van der Waals surface area (Å²) in [5.74, 6) is 0. The minimum Gasteiger partial charge on any atom is -0.379 e. The van der Waals surface area contributed by atoms with Gasteiger partial charge in [-0.15, -0.1) is 0 Å². The maximum absolute atomic E-state index is 11.7. The molecule has 0 spiro atoms. The molecular formula is C31H34N2O2. The van der Waals surface area contributed by atoms with Crippen molar-refractivity contribution in [3.05, 3.63) is 120 Å². The number of anilines is 1. The lowest BCUT2D eigenvalue weighted by molar-refractivity contribution is 0.109. The predicted molar refractivity (Wildman–Crippen MR) is 147 cm³/mol. The molecule has 1 aliphatic rings.